The second kappa shape index (κ2) is 12.4. The van der Waals surface area contributed by atoms with Crippen molar-refractivity contribution >= 4 is 35.6 Å². The van der Waals surface area contributed by atoms with E-state index in [4.69, 9.17) is 4.99 Å². The first-order chi connectivity index (χ1) is 15.6. The number of nitrogens with zero attached hydrogens (tertiary/aromatic N) is 7. The number of aromatic nitrogens is 3. The summed E-state index contributed by atoms with van der Waals surface area (Å²) in [6.45, 7) is 8.60. The number of hydrogen-bond acceptors (Lipinski definition) is 5. The van der Waals surface area contributed by atoms with Crippen LogP contribution in [-0.2, 0) is 13.6 Å². The summed E-state index contributed by atoms with van der Waals surface area (Å²) < 4.78 is 2.01. The molecule has 1 saturated heterocycles. The number of para-hydroxylation sites is 1. The lowest BCUT2D eigenvalue weighted by Gasteiger charge is -2.26. The zero-order chi connectivity index (χ0) is 22.3. The van der Waals surface area contributed by atoms with Crippen molar-refractivity contribution in [1.82, 2.24) is 29.9 Å². The van der Waals surface area contributed by atoms with Crippen LogP contribution in [0.1, 0.15) is 24.5 Å². The Morgan fingerprint density at radius 3 is 2.64 bits per heavy atom. The molecule has 33 heavy (non-hydrogen) atoms. The van der Waals surface area contributed by atoms with E-state index in [1.165, 1.54) is 12.1 Å². The zero-order valence-corrected chi connectivity index (χ0v) is 22.4. The summed E-state index contributed by atoms with van der Waals surface area (Å²) in [4.78, 5) is 12.2. The molecule has 0 spiro atoms. The van der Waals surface area contributed by atoms with E-state index in [1.54, 1.807) is 0 Å². The second-order valence-corrected chi connectivity index (χ2v) is 8.71. The molecule has 1 aromatic carbocycles. The Morgan fingerprint density at radius 2 is 1.94 bits per heavy atom. The molecule has 2 aromatic rings. The number of guanidine groups is 1. The predicted octanol–water partition coefficient (Wildman–Crippen LogP) is 2.66. The van der Waals surface area contributed by atoms with Gasteiger partial charge in [-0.25, -0.2) is 4.99 Å². The average Bonchev–Trinajstić information content (AvgIpc) is 3.57. The molecule has 4 rings (SSSR count). The Bertz CT molecular complexity index is 918. The number of aliphatic imine (C=N–C) groups is 1. The fourth-order valence-electron chi connectivity index (χ4n) is 4.35. The van der Waals surface area contributed by atoms with Crippen molar-refractivity contribution in [3.63, 3.8) is 0 Å². The minimum Gasteiger partial charge on any atom is -0.375 e. The molecule has 1 atom stereocenters. The van der Waals surface area contributed by atoms with Gasteiger partial charge in [-0.1, -0.05) is 30.4 Å². The molecule has 3 heterocycles. The highest BCUT2D eigenvalue weighted by Crippen LogP contribution is 2.18. The summed E-state index contributed by atoms with van der Waals surface area (Å²) in [5.74, 6) is 2.80. The van der Waals surface area contributed by atoms with E-state index in [9.17, 15) is 0 Å². The molecule has 0 radical (unpaired) electrons. The average molecular weight is 565 g/mol. The van der Waals surface area contributed by atoms with E-state index in [0.717, 1.165) is 63.3 Å². The van der Waals surface area contributed by atoms with Gasteiger partial charge in [-0.05, 0) is 31.9 Å². The third-order valence-corrected chi connectivity index (χ3v) is 6.53. The Morgan fingerprint density at radius 1 is 1.18 bits per heavy atom. The molecule has 8 nitrogen and oxygen atoms in total. The largest absolute Gasteiger partial charge is 0.375 e. The molecular formula is C24H37IN8. The fourth-order valence-corrected chi connectivity index (χ4v) is 4.35. The van der Waals surface area contributed by atoms with Crippen molar-refractivity contribution in [1.29, 1.82) is 0 Å². The van der Waals surface area contributed by atoms with Crippen LogP contribution in [0.25, 0.3) is 0 Å². The fraction of sp³-hybridized carbons (Fsp3) is 0.542. The van der Waals surface area contributed by atoms with Crippen LogP contribution in [0.15, 0.2) is 47.5 Å². The highest BCUT2D eigenvalue weighted by Gasteiger charge is 2.29. The number of nitrogens with one attached hydrogen (secondary N) is 1. The topological polar surface area (TPSA) is 64.8 Å². The molecule has 1 fully saturated rings. The smallest absolute Gasteiger partial charge is 0.194 e. The number of likely N-dealkylation sites (tertiary alicyclic amines) is 1. The summed E-state index contributed by atoms with van der Waals surface area (Å²) in [6, 6.07) is 11.1. The number of hydrogen-bond donors (Lipinski definition) is 1. The van der Waals surface area contributed by atoms with Crippen molar-refractivity contribution in [3.8, 4) is 0 Å². The van der Waals surface area contributed by atoms with Crippen LogP contribution in [0.2, 0.25) is 0 Å². The van der Waals surface area contributed by atoms with Crippen LogP contribution in [0.4, 0.5) is 5.69 Å². The lowest BCUT2D eigenvalue weighted by molar-refractivity contribution is 0.259. The molecule has 0 saturated carbocycles. The van der Waals surface area contributed by atoms with Gasteiger partial charge < -0.3 is 19.7 Å². The van der Waals surface area contributed by atoms with Crippen LogP contribution < -0.4 is 10.2 Å². The van der Waals surface area contributed by atoms with E-state index in [1.807, 2.05) is 18.5 Å². The van der Waals surface area contributed by atoms with E-state index < -0.39 is 0 Å². The molecule has 0 bridgehead atoms. The van der Waals surface area contributed by atoms with Gasteiger partial charge in [-0.3, -0.25) is 4.90 Å². The second-order valence-electron chi connectivity index (χ2n) is 8.71. The summed E-state index contributed by atoms with van der Waals surface area (Å²) in [6.07, 6.45) is 6.77. The third-order valence-electron chi connectivity index (χ3n) is 6.53. The van der Waals surface area contributed by atoms with Gasteiger partial charge >= 0.3 is 0 Å². The van der Waals surface area contributed by atoms with Crippen LogP contribution in [0, 0.1) is 6.92 Å². The van der Waals surface area contributed by atoms with Gasteiger partial charge in [-0.15, -0.1) is 34.2 Å². The summed E-state index contributed by atoms with van der Waals surface area (Å²) >= 11 is 0. The van der Waals surface area contributed by atoms with Crippen molar-refractivity contribution in [2.45, 2.75) is 32.4 Å². The normalized spacial score (nSPS) is 18.6. The first-order valence-corrected chi connectivity index (χ1v) is 11.6. The van der Waals surface area contributed by atoms with Crippen molar-refractivity contribution in [2.24, 2.45) is 12.0 Å². The van der Waals surface area contributed by atoms with Crippen LogP contribution in [0.3, 0.4) is 0 Å². The van der Waals surface area contributed by atoms with Crippen molar-refractivity contribution in [3.05, 3.63) is 54.1 Å². The standard InChI is InChI=1S/C24H36N8.HI/c1-20-27-28-23(30(20)3)18-26-24(32-17-12-22(19-32)31-15-7-8-16-31)25-13-9-14-29(2)21-10-5-4-6-11-21;/h4-8,10-11,22H,9,12-19H2,1-3H3,(H,25,26);1H. The minimum absolute atomic E-state index is 0. The molecule has 2 aliphatic heterocycles. The molecule has 9 heteroatoms. The molecule has 2 aliphatic rings. The Balaban J connectivity index is 0.00000306. The van der Waals surface area contributed by atoms with Gasteiger partial charge in [0.2, 0.25) is 0 Å². The number of rotatable bonds is 8. The number of anilines is 1. The highest BCUT2D eigenvalue weighted by molar-refractivity contribution is 14.0. The molecule has 1 aromatic heterocycles. The van der Waals surface area contributed by atoms with Gasteiger partial charge in [0, 0.05) is 65.1 Å². The van der Waals surface area contributed by atoms with Crippen LogP contribution >= 0.6 is 24.0 Å². The molecule has 0 aliphatic carbocycles. The lowest BCUT2D eigenvalue weighted by Crippen LogP contribution is -2.43. The first kappa shape index (κ1) is 25.5. The number of halogens is 1. The van der Waals surface area contributed by atoms with Gasteiger partial charge in [0.1, 0.15) is 12.4 Å². The zero-order valence-electron chi connectivity index (χ0n) is 20.0. The molecule has 0 amide bonds. The van der Waals surface area contributed by atoms with Gasteiger partial charge in [0.25, 0.3) is 0 Å². The maximum Gasteiger partial charge on any atom is 0.194 e. The Hall–Kier alpha value is -2.14. The maximum absolute atomic E-state index is 4.95. The summed E-state index contributed by atoms with van der Waals surface area (Å²) in [7, 11) is 4.15. The monoisotopic (exact) mass is 564 g/mol. The van der Waals surface area contributed by atoms with Crippen LogP contribution in [0.5, 0.6) is 0 Å². The van der Waals surface area contributed by atoms with Gasteiger partial charge in [0.15, 0.2) is 11.8 Å². The highest BCUT2D eigenvalue weighted by atomic mass is 127. The van der Waals surface area contributed by atoms with E-state index in [2.05, 4.69) is 79.7 Å². The van der Waals surface area contributed by atoms with Crippen molar-refractivity contribution in [2.75, 3.05) is 51.2 Å². The molecular weight excluding hydrogens is 527 g/mol. The summed E-state index contributed by atoms with van der Waals surface area (Å²) in [5.41, 5.74) is 1.25. The minimum atomic E-state index is 0. The Kier molecular flexibility index (Phi) is 9.54. The van der Waals surface area contributed by atoms with E-state index in [-0.39, 0.29) is 24.0 Å². The number of aryl methyl sites for hydroxylation is 1. The van der Waals surface area contributed by atoms with Gasteiger partial charge in [0.05, 0.1) is 0 Å². The Labute approximate surface area is 214 Å². The molecule has 1 N–H and O–H groups in total. The third kappa shape index (κ3) is 6.69. The van der Waals surface area contributed by atoms with Crippen LogP contribution in [-0.4, -0.2) is 82.9 Å². The molecule has 180 valence electrons. The van der Waals surface area contributed by atoms with E-state index >= 15 is 0 Å². The lowest BCUT2D eigenvalue weighted by atomic mass is 10.2. The molecule has 1 unspecified atom stereocenters. The quantitative estimate of drug-likeness (QED) is 0.175. The SMILES string of the molecule is Cc1nnc(CN=C(NCCCN(C)c2ccccc2)N2CCC(N3CC=CC3)C2)n1C.I. The van der Waals surface area contributed by atoms with Crippen molar-refractivity contribution < 1.29 is 0 Å². The number of benzene rings is 1. The summed E-state index contributed by atoms with van der Waals surface area (Å²) in [5, 5.41) is 12.1. The predicted molar refractivity (Wildman–Crippen MR) is 145 cm³/mol. The maximum atomic E-state index is 4.95. The first-order valence-electron chi connectivity index (χ1n) is 11.6. The van der Waals surface area contributed by atoms with E-state index in [0.29, 0.717) is 12.6 Å². The van der Waals surface area contributed by atoms with Gasteiger partial charge in [-0.2, -0.15) is 0 Å².